The summed E-state index contributed by atoms with van der Waals surface area (Å²) in [4.78, 5) is 4.34. The van der Waals surface area contributed by atoms with Crippen LogP contribution < -0.4 is 4.31 Å². The molecule has 1 aliphatic heterocycles. The van der Waals surface area contributed by atoms with Crippen LogP contribution in [-0.2, 0) is 16.4 Å². The number of anilines is 1. The number of rotatable bonds is 3. The zero-order valence-electron chi connectivity index (χ0n) is 13.1. The SMILES string of the molecule is Cc1ncc(-c2ccc(S(=O)(=O)N3CCc4ccccc43)cc2)o1. The van der Waals surface area contributed by atoms with Crippen molar-refractivity contribution in [3.63, 3.8) is 0 Å². The number of hydrogen-bond acceptors (Lipinski definition) is 4. The van der Waals surface area contributed by atoms with Gasteiger partial charge in [0, 0.05) is 19.0 Å². The van der Waals surface area contributed by atoms with E-state index >= 15 is 0 Å². The molecule has 0 amide bonds. The van der Waals surface area contributed by atoms with Gasteiger partial charge in [-0.1, -0.05) is 18.2 Å². The quantitative estimate of drug-likeness (QED) is 0.733. The topological polar surface area (TPSA) is 63.4 Å². The van der Waals surface area contributed by atoms with Gasteiger partial charge in [-0.3, -0.25) is 4.31 Å². The molecule has 6 heteroatoms. The van der Waals surface area contributed by atoms with Crippen molar-refractivity contribution in [2.75, 3.05) is 10.8 Å². The molecule has 2 heterocycles. The molecule has 0 spiro atoms. The van der Waals surface area contributed by atoms with Gasteiger partial charge in [0.1, 0.15) is 0 Å². The Morgan fingerprint density at radius 3 is 2.54 bits per heavy atom. The molecule has 0 fully saturated rings. The van der Waals surface area contributed by atoms with E-state index in [1.807, 2.05) is 24.3 Å². The lowest BCUT2D eigenvalue weighted by Gasteiger charge is -2.19. The molecule has 5 nitrogen and oxygen atoms in total. The Hall–Kier alpha value is -2.60. The van der Waals surface area contributed by atoms with Crippen molar-refractivity contribution >= 4 is 15.7 Å². The molecule has 0 unspecified atom stereocenters. The minimum Gasteiger partial charge on any atom is -0.441 e. The average Bonchev–Trinajstić information content (AvgIpc) is 3.21. The zero-order valence-corrected chi connectivity index (χ0v) is 14.0. The van der Waals surface area contributed by atoms with Crippen LogP contribution >= 0.6 is 0 Å². The van der Waals surface area contributed by atoms with Crippen LogP contribution in [0.25, 0.3) is 11.3 Å². The molecule has 0 N–H and O–H groups in total. The Morgan fingerprint density at radius 2 is 1.83 bits per heavy atom. The summed E-state index contributed by atoms with van der Waals surface area (Å²) < 4.78 is 32.8. The number of para-hydroxylation sites is 1. The largest absolute Gasteiger partial charge is 0.441 e. The highest BCUT2D eigenvalue weighted by Gasteiger charge is 2.30. The third-order valence-electron chi connectivity index (χ3n) is 4.19. The average molecular weight is 340 g/mol. The lowest BCUT2D eigenvalue weighted by atomic mass is 10.2. The van der Waals surface area contributed by atoms with Gasteiger partial charge in [0.15, 0.2) is 11.7 Å². The van der Waals surface area contributed by atoms with Crippen LogP contribution in [0.4, 0.5) is 5.69 Å². The normalized spacial score (nSPS) is 14.0. The maximum Gasteiger partial charge on any atom is 0.264 e. The molecule has 0 saturated heterocycles. The molecule has 4 rings (SSSR count). The van der Waals surface area contributed by atoms with Crippen molar-refractivity contribution in [1.82, 2.24) is 4.98 Å². The Balaban J connectivity index is 1.68. The second-order valence-corrected chi connectivity index (χ2v) is 7.59. The minimum atomic E-state index is -3.56. The van der Waals surface area contributed by atoms with Crippen LogP contribution in [0, 0.1) is 6.92 Å². The maximum atomic E-state index is 12.9. The van der Waals surface area contributed by atoms with E-state index in [2.05, 4.69) is 4.98 Å². The highest BCUT2D eigenvalue weighted by atomic mass is 32.2. The van der Waals surface area contributed by atoms with Gasteiger partial charge in [0.25, 0.3) is 10.0 Å². The Bertz CT molecular complexity index is 991. The van der Waals surface area contributed by atoms with E-state index in [1.165, 1.54) is 4.31 Å². The van der Waals surface area contributed by atoms with Gasteiger partial charge in [-0.25, -0.2) is 13.4 Å². The molecular weight excluding hydrogens is 324 g/mol. The highest BCUT2D eigenvalue weighted by molar-refractivity contribution is 7.92. The summed E-state index contributed by atoms with van der Waals surface area (Å²) in [6, 6.07) is 14.3. The summed E-state index contributed by atoms with van der Waals surface area (Å²) in [6.07, 6.45) is 2.38. The van der Waals surface area contributed by atoms with Crippen molar-refractivity contribution < 1.29 is 12.8 Å². The molecule has 0 bridgehead atoms. The van der Waals surface area contributed by atoms with Crippen molar-refractivity contribution in [2.24, 2.45) is 0 Å². The number of aromatic nitrogens is 1. The zero-order chi connectivity index (χ0) is 16.7. The molecule has 3 aromatic rings. The monoisotopic (exact) mass is 340 g/mol. The molecule has 0 radical (unpaired) electrons. The summed E-state index contributed by atoms with van der Waals surface area (Å²) in [7, 11) is -3.56. The first kappa shape index (κ1) is 15.0. The van der Waals surface area contributed by atoms with Crippen molar-refractivity contribution in [1.29, 1.82) is 0 Å². The van der Waals surface area contributed by atoms with Crippen molar-refractivity contribution in [2.45, 2.75) is 18.2 Å². The lowest BCUT2D eigenvalue weighted by molar-refractivity contribution is 0.534. The van der Waals surface area contributed by atoms with E-state index in [0.29, 0.717) is 18.2 Å². The third-order valence-corrected chi connectivity index (χ3v) is 6.02. The van der Waals surface area contributed by atoms with Gasteiger partial charge in [-0.15, -0.1) is 0 Å². The van der Waals surface area contributed by atoms with Gasteiger partial charge in [-0.2, -0.15) is 0 Å². The first-order valence-corrected chi connectivity index (χ1v) is 9.13. The summed E-state index contributed by atoms with van der Waals surface area (Å²) in [5.74, 6) is 1.21. The third kappa shape index (κ3) is 2.39. The van der Waals surface area contributed by atoms with E-state index in [-0.39, 0.29) is 4.90 Å². The Morgan fingerprint density at radius 1 is 1.08 bits per heavy atom. The molecular formula is C18H16N2O3S. The minimum absolute atomic E-state index is 0.277. The molecule has 0 aliphatic carbocycles. The van der Waals surface area contributed by atoms with Crippen molar-refractivity contribution in [3.05, 3.63) is 66.2 Å². The van der Waals surface area contributed by atoms with Crippen LogP contribution in [0.15, 0.2) is 64.0 Å². The number of benzene rings is 2. The smallest absolute Gasteiger partial charge is 0.264 e. The van der Waals surface area contributed by atoms with Crippen LogP contribution in [0.3, 0.4) is 0 Å². The van der Waals surface area contributed by atoms with Gasteiger partial charge in [-0.05, 0) is 42.3 Å². The van der Waals surface area contributed by atoms with Gasteiger partial charge >= 0.3 is 0 Å². The Labute approximate surface area is 140 Å². The summed E-state index contributed by atoms with van der Waals surface area (Å²) in [6.45, 7) is 2.25. The molecule has 0 atom stereocenters. The first-order chi connectivity index (χ1) is 11.6. The predicted octanol–water partition coefficient (Wildman–Crippen LogP) is 3.40. The van der Waals surface area contributed by atoms with E-state index in [0.717, 1.165) is 23.2 Å². The lowest BCUT2D eigenvalue weighted by Crippen LogP contribution is -2.29. The summed E-state index contributed by atoms with van der Waals surface area (Å²) in [5.41, 5.74) is 2.64. The fraction of sp³-hybridized carbons (Fsp3) is 0.167. The number of nitrogens with zero attached hydrogens (tertiary/aromatic N) is 2. The molecule has 0 saturated carbocycles. The first-order valence-electron chi connectivity index (χ1n) is 7.69. The second-order valence-electron chi connectivity index (χ2n) is 5.72. The van der Waals surface area contributed by atoms with E-state index < -0.39 is 10.0 Å². The molecule has 1 aromatic heterocycles. The van der Waals surface area contributed by atoms with E-state index in [9.17, 15) is 8.42 Å². The van der Waals surface area contributed by atoms with Crippen LogP contribution in [-0.4, -0.2) is 19.9 Å². The van der Waals surface area contributed by atoms with Gasteiger partial charge in [0.2, 0.25) is 0 Å². The van der Waals surface area contributed by atoms with Crippen LogP contribution in [0.5, 0.6) is 0 Å². The van der Waals surface area contributed by atoms with E-state index in [4.69, 9.17) is 4.42 Å². The van der Waals surface area contributed by atoms with Crippen molar-refractivity contribution in [3.8, 4) is 11.3 Å². The Kier molecular flexibility index (Phi) is 3.42. The number of oxazole rings is 1. The van der Waals surface area contributed by atoms with Gasteiger partial charge < -0.3 is 4.42 Å². The molecule has 24 heavy (non-hydrogen) atoms. The van der Waals surface area contributed by atoms with Crippen LogP contribution in [0.2, 0.25) is 0 Å². The highest BCUT2D eigenvalue weighted by Crippen LogP contribution is 2.33. The predicted molar refractivity (Wildman–Crippen MR) is 91.4 cm³/mol. The van der Waals surface area contributed by atoms with Gasteiger partial charge in [0.05, 0.1) is 16.8 Å². The standard InChI is InChI=1S/C18H16N2O3S/c1-13-19-12-18(23-13)15-6-8-16(9-7-15)24(21,22)20-11-10-14-4-2-3-5-17(14)20/h2-9,12H,10-11H2,1H3. The van der Waals surface area contributed by atoms with Crippen LogP contribution in [0.1, 0.15) is 11.5 Å². The molecule has 122 valence electrons. The van der Waals surface area contributed by atoms with E-state index in [1.54, 1.807) is 37.4 Å². The number of hydrogen-bond donors (Lipinski definition) is 0. The second kappa shape index (κ2) is 5.49. The number of sulfonamides is 1. The fourth-order valence-corrected chi connectivity index (χ4v) is 4.47. The molecule has 1 aliphatic rings. The maximum absolute atomic E-state index is 12.9. The molecule has 2 aromatic carbocycles. The number of aryl methyl sites for hydroxylation is 1. The fourth-order valence-electron chi connectivity index (χ4n) is 2.97. The number of fused-ring (bicyclic) bond motifs is 1. The summed E-state index contributed by atoms with van der Waals surface area (Å²) >= 11 is 0. The summed E-state index contributed by atoms with van der Waals surface area (Å²) in [5, 5.41) is 0.